The number of hydrogen-bond donors (Lipinski definition) is 0. The summed E-state index contributed by atoms with van der Waals surface area (Å²) in [6, 6.07) is 5.21. The van der Waals surface area contributed by atoms with Gasteiger partial charge in [0.1, 0.15) is 13.2 Å². The number of ether oxygens (including phenoxy) is 2. The van der Waals surface area contributed by atoms with Crippen LogP contribution in [0.4, 0.5) is 0 Å². The molecule has 6 nitrogen and oxygen atoms in total. The van der Waals surface area contributed by atoms with Gasteiger partial charge in [-0.3, -0.25) is 14.5 Å². The van der Waals surface area contributed by atoms with Crippen molar-refractivity contribution in [3.63, 3.8) is 0 Å². The van der Waals surface area contributed by atoms with Gasteiger partial charge in [0.05, 0.1) is 0 Å². The van der Waals surface area contributed by atoms with E-state index in [-0.39, 0.29) is 24.5 Å². The molecule has 136 valence electrons. The zero-order chi connectivity index (χ0) is 17.6. The highest BCUT2D eigenvalue weighted by Crippen LogP contribution is 2.31. The third-order valence-electron chi connectivity index (χ3n) is 4.69. The first-order chi connectivity index (χ1) is 12.2. The van der Waals surface area contributed by atoms with Crippen molar-refractivity contribution in [1.29, 1.82) is 0 Å². The van der Waals surface area contributed by atoms with Crippen molar-refractivity contribution in [1.82, 2.24) is 9.80 Å². The Morgan fingerprint density at radius 1 is 1.00 bits per heavy atom. The maximum Gasteiger partial charge on any atom is 0.223 e. The van der Waals surface area contributed by atoms with Crippen LogP contribution in [0.25, 0.3) is 0 Å². The van der Waals surface area contributed by atoms with E-state index < -0.39 is 0 Å². The van der Waals surface area contributed by atoms with E-state index in [0.29, 0.717) is 30.3 Å². The fourth-order valence-electron chi connectivity index (χ4n) is 3.28. The number of rotatable bonds is 6. The molecular weight excluding hydrogens is 320 g/mol. The van der Waals surface area contributed by atoms with E-state index in [2.05, 4.69) is 11.8 Å². The number of nitrogens with zero attached hydrogens (tertiary/aromatic N) is 2. The summed E-state index contributed by atoms with van der Waals surface area (Å²) in [5.74, 6) is 1.32. The monoisotopic (exact) mass is 346 g/mol. The Balaban J connectivity index is 1.48. The normalized spacial score (nSPS) is 17.4. The van der Waals surface area contributed by atoms with Crippen LogP contribution in [0, 0.1) is 0 Å². The molecule has 0 aliphatic carbocycles. The van der Waals surface area contributed by atoms with Crippen molar-refractivity contribution in [3.05, 3.63) is 23.8 Å². The van der Waals surface area contributed by atoms with Crippen LogP contribution < -0.4 is 9.47 Å². The summed E-state index contributed by atoms with van der Waals surface area (Å²) in [5.41, 5.74) is 0.574. The summed E-state index contributed by atoms with van der Waals surface area (Å²) in [7, 11) is 0. The van der Waals surface area contributed by atoms with Gasteiger partial charge in [0.25, 0.3) is 0 Å². The van der Waals surface area contributed by atoms with Gasteiger partial charge >= 0.3 is 0 Å². The summed E-state index contributed by atoms with van der Waals surface area (Å²) in [5, 5.41) is 0. The first kappa shape index (κ1) is 17.7. The summed E-state index contributed by atoms with van der Waals surface area (Å²) >= 11 is 0. The number of Topliss-reactive ketones (excluding diaryl/α,β-unsaturated/α-hetero) is 1. The second-order valence-corrected chi connectivity index (χ2v) is 6.50. The van der Waals surface area contributed by atoms with Crippen LogP contribution >= 0.6 is 0 Å². The molecule has 0 saturated carbocycles. The van der Waals surface area contributed by atoms with Gasteiger partial charge in [-0.15, -0.1) is 0 Å². The van der Waals surface area contributed by atoms with Crippen LogP contribution in [0.2, 0.25) is 0 Å². The lowest BCUT2D eigenvalue weighted by molar-refractivity contribution is -0.132. The Bertz CT molecular complexity index is 624. The van der Waals surface area contributed by atoms with Crippen molar-refractivity contribution >= 4 is 11.7 Å². The van der Waals surface area contributed by atoms with Crippen LogP contribution in [-0.2, 0) is 4.79 Å². The maximum absolute atomic E-state index is 12.4. The number of carbonyl (C=O) groups is 2. The SMILES string of the molecule is CCCN1CCN(C(=O)CCC(=O)c2ccc3c(c2)OCCO3)CC1. The van der Waals surface area contributed by atoms with Gasteiger partial charge < -0.3 is 14.4 Å². The van der Waals surface area contributed by atoms with Gasteiger partial charge in [-0.1, -0.05) is 6.92 Å². The molecule has 25 heavy (non-hydrogen) atoms. The molecule has 0 aromatic heterocycles. The van der Waals surface area contributed by atoms with Crippen LogP contribution in [0.15, 0.2) is 18.2 Å². The lowest BCUT2D eigenvalue weighted by Gasteiger charge is -2.34. The van der Waals surface area contributed by atoms with Gasteiger partial charge in [0, 0.05) is 44.6 Å². The minimum Gasteiger partial charge on any atom is -0.486 e. The van der Waals surface area contributed by atoms with Crippen LogP contribution in [0.3, 0.4) is 0 Å². The molecule has 3 rings (SSSR count). The molecule has 1 fully saturated rings. The molecule has 1 saturated heterocycles. The fraction of sp³-hybridized carbons (Fsp3) is 0.579. The quantitative estimate of drug-likeness (QED) is 0.737. The maximum atomic E-state index is 12.4. The van der Waals surface area contributed by atoms with E-state index in [4.69, 9.17) is 9.47 Å². The van der Waals surface area contributed by atoms with Crippen LogP contribution in [0.1, 0.15) is 36.5 Å². The minimum absolute atomic E-state index is 0.0325. The van der Waals surface area contributed by atoms with Crippen molar-refractivity contribution in [2.75, 3.05) is 45.9 Å². The molecule has 2 heterocycles. The van der Waals surface area contributed by atoms with E-state index in [9.17, 15) is 9.59 Å². The van der Waals surface area contributed by atoms with Gasteiger partial charge in [0.15, 0.2) is 17.3 Å². The molecule has 0 bridgehead atoms. The Morgan fingerprint density at radius 3 is 2.44 bits per heavy atom. The molecule has 1 aromatic rings. The average Bonchev–Trinajstić information content (AvgIpc) is 2.66. The molecule has 6 heteroatoms. The van der Waals surface area contributed by atoms with E-state index in [1.165, 1.54) is 0 Å². The fourth-order valence-corrected chi connectivity index (χ4v) is 3.28. The number of carbonyl (C=O) groups excluding carboxylic acids is 2. The molecule has 0 N–H and O–H groups in total. The van der Waals surface area contributed by atoms with Crippen LogP contribution in [0.5, 0.6) is 11.5 Å². The van der Waals surface area contributed by atoms with Crippen LogP contribution in [-0.4, -0.2) is 67.4 Å². The molecule has 0 spiro atoms. The van der Waals surface area contributed by atoms with Crippen molar-refractivity contribution in [2.45, 2.75) is 26.2 Å². The summed E-state index contributed by atoms with van der Waals surface area (Å²) in [4.78, 5) is 29.0. The van der Waals surface area contributed by atoms with Gasteiger partial charge in [-0.25, -0.2) is 0 Å². The highest BCUT2D eigenvalue weighted by molar-refractivity contribution is 5.98. The molecule has 0 atom stereocenters. The summed E-state index contributed by atoms with van der Waals surface area (Å²) in [6.07, 6.45) is 1.63. The standard InChI is InChI=1S/C19H26N2O4/c1-2-7-20-8-10-21(11-9-20)19(23)6-4-16(22)15-3-5-17-18(14-15)25-13-12-24-17/h3,5,14H,2,4,6-13H2,1H3. The lowest BCUT2D eigenvalue weighted by atomic mass is 10.1. The zero-order valence-corrected chi connectivity index (χ0v) is 14.8. The Hall–Kier alpha value is -2.08. The number of ketones is 1. The summed E-state index contributed by atoms with van der Waals surface area (Å²) < 4.78 is 11.0. The lowest BCUT2D eigenvalue weighted by Crippen LogP contribution is -2.48. The first-order valence-corrected chi connectivity index (χ1v) is 9.10. The zero-order valence-electron chi connectivity index (χ0n) is 14.8. The van der Waals surface area contributed by atoms with Crippen molar-refractivity contribution < 1.29 is 19.1 Å². The largest absolute Gasteiger partial charge is 0.486 e. The predicted molar refractivity (Wildman–Crippen MR) is 94.3 cm³/mol. The minimum atomic E-state index is -0.0325. The highest BCUT2D eigenvalue weighted by Gasteiger charge is 2.21. The molecule has 0 unspecified atom stereocenters. The van der Waals surface area contributed by atoms with E-state index in [1.807, 2.05) is 4.90 Å². The number of hydrogen-bond acceptors (Lipinski definition) is 5. The Labute approximate surface area is 148 Å². The number of piperazine rings is 1. The summed E-state index contributed by atoms with van der Waals surface area (Å²) in [6.45, 7) is 7.65. The second kappa shape index (κ2) is 8.34. The highest BCUT2D eigenvalue weighted by atomic mass is 16.6. The number of fused-ring (bicyclic) bond motifs is 1. The predicted octanol–water partition coefficient (Wildman–Crippen LogP) is 1.97. The smallest absolute Gasteiger partial charge is 0.223 e. The van der Waals surface area contributed by atoms with Gasteiger partial charge in [-0.2, -0.15) is 0 Å². The third-order valence-corrected chi connectivity index (χ3v) is 4.69. The van der Waals surface area contributed by atoms with Crippen molar-refractivity contribution in [3.8, 4) is 11.5 Å². The molecule has 1 aromatic carbocycles. The Kier molecular flexibility index (Phi) is 5.91. The average molecular weight is 346 g/mol. The van der Waals surface area contributed by atoms with Crippen molar-refractivity contribution in [2.24, 2.45) is 0 Å². The molecular formula is C19H26N2O4. The van der Waals surface area contributed by atoms with E-state index in [0.717, 1.165) is 39.1 Å². The number of amides is 1. The van der Waals surface area contributed by atoms with E-state index >= 15 is 0 Å². The second-order valence-electron chi connectivity index (χ2n) is 6.50. The van der Waals surface area contributed by atoms with E-state index in [1.54, 1.807) is 18.2 Å². The molecule has 2 aliphatic heterocycles. The third kappa shape index (κ3) is 4.51. The molecule has 0 radical (unpaired) electrons. The molecule has 1 amide bonds. The van der Waals surface area contributed by atoms with Gasteiger partial charge in [-0.05, 0) is 31.2 Å². The van der Waals surface area contributed by atoms with Gasteiger partial charge in [0.2, 0.25) is 5.91 Å². The Morgan fingerprint density at radius 2 is 1.72 bits per heavy atom. The topological polar surface area (TPSA) is 59.1 Å². The first-order valence-electron chi connectivity index (χ1n) is 9.10. The number of benzene rings is 1. The molecule has 2 aliphatic rings.